The molecular weight excluding hydrogens is 372 g/mol. The summed E-state index contributed by atoms with van der Waals surface area (Å²) in [5.74, 6) is 0.278. The molecule has 0 radical (unpaired) electrons. The third-order valence-electron chi connectivity index (χ3n) is 4.77. The molecule has 0 aliphatic rings. The van der Waals surface area contributed by atoms with Crippen molar-refractivity contribution in [2.45, 2.75) is 6.54 Å². The van der Waals surface area contributed by atoms with Crippen LogP contribution < -0.4 is 20.6 Å². The number of benzene rings is 1. The second-order valence-corrected chi connectivity index (χ2v) is 6.45. The van der Waals surface area contributed by atoms with E-state index in [1.165, 1.54) is 17.6 Å². The minimum Gasteiger partial charge on any atom is -0.497 e. The van der Waals surface area contributed by atoms with E-state index in [1.54, 1.807) is 36.1 Å². The van der Waals surface area contributed by atoms with Gasteiger partial charge in [0.25, 0.3) is 11.2 Å². The first kappa shape index (κ1) is 18.4. The summed E-state index contributed by atoms with van der Waals surface area (Å²) in [5, 5.41) is 0.275. The highest BCUT2D eigenvalue weighted by Gasteiger charge is 2.25. The Balaban J connectivity index is 2.02. The summed E-state index contributed by atoms with van der Waals surface area (Å²) in [7, 11) is 2.86. The van der Waals surface area contributed by atoms with Gasteiger partial charge in [0, 0.05) is 6.20 Å². The van der Waals surface area contributed by atoms with Crippen LogP contribution in [0.15, 0.2) is 59.5 Å². The topological polar surface area (TPSA) is 99.8 Å². The van der Waals surface area contributed by atoms with Gasteiger partial charge in [0.05, 0.1) is 20.8 Å². The van der Waals surface area contributed by atoms with E-state index in [0.717, 1.165) is 11.3 Å². The molecule has 29 heavy (non-hydrogen) atoms. The zero-order chi connectivity index (χ0) is 20.5. The van der Waals surface area contributed by atoms with Crippen LogP contribution in [-0.4, -0.2) is 29.6 Å². The van der Waals surface area contributed by atoms with Crippen molar-refractivity contribution in [1.82, 2.24) is 9.38 Å². The number of carbonyl (C=O) groups is 1. The number of aromatic nitrogens is 3. The highest BCUT2D eigenvalue weighted by Crippen LogP contribution is 2.17. The minimum atomic E-state index is -0.620. The second-order valence-electron chi connectivity index (χ2n) is 6.45. The monoisotopic (exact) mass is 391 g/mol. The van der Waals surface area contributed by atoms with E-state index in [2.05, 4.69) is 4.98 Å². The van der Waals surface area contributed by atoms with Crippen molar-refractivity contribution in [3.63, 3.8) is 0 Å². The van der Waals surface area contributed by atoms with Crippen LogP contribution in [0.4, 0.5) is 5.82 Å². The van der Waals surface area contributed by atoms with Gasteiger partial charge in [-0.2, -0.15) is 0 Å². The summed E-state index contributed by atoms with van der Waals surface area (Å²) in [4.78, 5) is 30.0. The molecule has 2 N–H and O–H groups in total. The molecule has 0 aliphatic carbocycles. The molecule has 8 heteroatoms. The van der Waals surface area contributed by atoms with Crippen molar-refractivity contribution in [2.75, 3.05) is 20.0 Å². The molecule has 0 atom stereocenters. The Morgan fingerprint density at radius 1 is 1.17 bits per heavy atom. The average molecular weight is 391 g/mol. The van der Waals surface area contributed by atoms with Crippen LogP contribution in [-0.2, 0) is 11.3 Å². The number of nitrogen functional groups attached to an aromatic ring is 1. The number of fused-ring (bicyclic) bond motifs is 2. The van der Waals surface area contributed by atoms with E-state index < -0.39 is 5.97 Å². The largest absolute Gasteiger partial charge is 0.497 e. The van der Waals surface area contributed by atoms with E-state index in [1.807, 2.05) is 24.3 Å². The lowest BCUT2D eigenvalue weighted by Crippen LogP contribution is -2.42. The Bertz CT molecular complexity index is 1300. The molecule has 0 unspecified atom stereocenters. The van der Waals surface area contributed by atoms with Gasteiger partial charge in [0.15, 0.2) is 0 Å². The summed E-state index contributed by atoms with van der Waals surface area (Å²) in [6, 6.07) is 14.1. The van der Waals surface area contributed by atoms with Crippen LogP contribution in [0.5, 0.6) is 5.75 Å². The number of rotatable bonds is 4. The van der Waals surface area contributed by atoms with Crippen molar-refractivity contribution < 1.29 is 18.8 Å². The third-order valence-corrected chi connectivity index (χ3v) is 4.77. The maximum absolute atomic E-state index is 13.1. The molecule has 0 aliphatic heterocycles. The van der Waals surface area contributed by atoms with E-state index in [9.17, 15) is 9.59 Å². The van der Waals surface area contributed by atoms with E-state index >= 15 is 0 Å². The standard InChI is InChI=1S/C21H18N4O4/c1-28-14-8-6-13(7-9-14)12-25-18(22)15(21(27)29-2)11-16-19(25)23-17-5-3-4-10-24(17)20(16)26/h3-11,22H,12H2,1-2H3/p+1. The van der Waals surface area contributed by atoms with Gasteiger partial charge in [-0.05, 0) is 35.9 Å². The molecule has 0 saturated carbocycles. The van der Waals surface area contributed by atoms with Crippen LogP contribution in [0.1, 0.15) is 15.9 Å². The molecule has 146 valence electrons. The number of hydrogen-bond donors (Lipinski definition) is 1. The van der Waals surface area contributed by atoms with Gasteiger partial charge in [0.1, 0.15) is 16.7 Å². The molecule has 0 saturated heterocycles. The summed E-state index contributed by atoms with van der Waals surface area (Å²) in [5.41, 5.74) is 7.91. The number of esters is 1. The number of nitrogens with two attached hydrogens (primary N) is 1. The number of hydrogen-bond acceptors (Lipinski definition) is 6. The Kier molecular flexibility index (Phi) is 4.59. The summed E-state index contributed by atoms with van der Waals surface area (Å²) in [6.45, 7) is 0.312. The van der Waals surface area contributed by atoms with Gasteiger partial charge < -0.3 is 15.2 Å². The van der Waals surface area contributed by atoms with Crippen molar-refractivity contribution in [3.05, 3.63) is 76.2 Å². The van der Waals surface area contributed by atoms with Gasteiger partial charge in [-0.3, -0.25) is 9.20 Å². The smallest absolute Gasteiger partial charge is 0.344 e. The highest BCUT2D eigenvalue weighted by atomic mass is 16.5. The number of pyridine rings is 2. The van der Waals surface area contributed by atoms with Crippen molar-refractivity contribution in [2.24, 2.45) is 0 Å². The zero-order valence-electron chi connectivity index (χ0n) is 16.0. The van der Waals surface area contributed by atoms with Gasteiger partial charge in [-0.25, -0.2) is 9.36 Å². The first-order valence-electron chi connectivity index (χ1n) is 8.88. The number of nitrogens with zero attached hydrogens (tertiary/aromatic N) is 3. The van der Waals surface area contributed by atoms with Gasteiger partial charge in [-0.15, -0.1) is 0 Å². The lowest BCUT2D eigenvalue weighted by atomic mass is 10.1. The van der Waals surface area contributed by atoms with E-state index in [0.29, 0.717) is 17.8 Å². The fourth-order valence-electron chi connectivity index (χ4n) is 3.25. The summed E-state index contributed by atoms with van der Waals surface area (Å²) < 4.78 is 13.1. The summed E-state index contributed by atoms with van der Waals surface area (Å²) >= 11 is 0. The van der Waals surface area contributed by atoms with Gasteiger partial charge in [0.2, 0.25) is 11.5 Å². The van der Waals surface area contributed by atoms with Crippen molar-refractivity contribution in [3.8, 4) is 5.75 Å². The van der Waals surface area contributed by atoms with Crippen molar-refractivity contribution >= 4 is 28.5 Å². The molecule has 0 bridgehead atoms. The first-order valence-corrected chi connectivity index (χ1v) is 8.88. The normalized spacial score (nSPS) is 11.0. The number of anilines is 1. The second kappa shape index (κ2) is 7.23. The molecule has 3 aromatic heterocycles. The Morgan fingerprint density at radius 3 is 2.62 bits per heavy atom. The molecule has 0 amide bonds. The molecule has 1 aromatic carbocycles. The predicted molar refractivity (Wildman–Crippen MR) is 107 cm³/mol. The number of carbonyl (C=O) groups excluding carboxylic acids is 1. The van der Waals surface area contributed by atoms with Gasteiger partial charge in [-0.1, -0.05) is 23.2 Å². The number of methoxy groups -OCH3 is 2. The molecule has 0 fully saturated rings. The summed E-state index contributed by atoms with van der Waals surface area (Å²) in [6.07, 6.45) is 1.63. The predicted octanol–water partition coefficient (Wildman–Crippen LogP) is 1.56. The quantitative estimate of drug-likeness (QED) is 0.322. The highest BCUT2D eigenvalue weighted by molar-refractivity contribution is 5.96. The molecule has 0 spiro atoms. The minimum absolute atomic E-state index is 0.114. The van der Waals surface area contributed by atoms with Crippen LogP contribution in [0, 0.1) is 0 Å². The lowest BCUT2D eigenvalue weighted by molar-refractivity contribution is -0.649. The third kappa shape index (κ3) is 3.14. The number of ether oxygens (including phenoxy) is 2. The fourth-order valence-corrected chi connectivity index (χ4v) is 3.25. The van der Waals surface area contributed by atoms with Crippen LogP contribution in [0.25, 0.3) is 16.7 Å². The maximum Gasteiger partial charge on any atom is 0.344 e. The lowest BCUT2D eigenvalue weighted by Gasteiger charge is -2.11. The van der Waals surface area contributed by atoms with Gasteiger partial charge >= 0.3 is 5.97 Å². The first-order chi connectivity index (χ1) is 14.0. The van der Waals surface area contributed by atoms with E-state index in [-0.39, 0.29) is 22.3 Å². The molecule has 4 aromatic rings. The molecule has 3 heterocycles. The molecular formula is C21H19N4O4+. The Labute approximate surface area is 165 Å². The zero-order valence-corrected chi connectivity index (χ0v) is 16.0. The SMILES string of the molecule is COC(=O)c1cc2c(=O)n3ccccc3nc2[n+](Cc2ccc(OC)cc2)c1N. The van der Waals surface area contributed by atoms with Crippen LogP contribution in [0.2, 0.25) is 0 Å². The van der Waals surface area contributed by atoms with E-state index in [4.69, 9.17) is 15.2 Å². The Morgan fingerprint density at radius 2 is 1.93 bits per heavy atom. The fraction of sp³-hybridized carbons (Fsp3) is 0.143. The molecule has 4 rings (SSSR count). The van der Waals surface area contributed by atoms with Crippen LogP contribution in [0.3, 0.4) is 0 Å². The van der Waals surface area contributed by atoms with Crippen LogP contribution >= 0.6 is 0 Å². The average Bonchev–Trinajstić information content (AvgIpc) is 2.76. The van der Waals surface area contributed by atoms with Crippen molar-refractivity contribution in [1.29, 1.82) is 0 Å². The Hall–Kier alpha value is -3.94. The maximum atomic E-state index is 13.1. The molecule has 8 nitrogen and oxygen atoms in total.